The van der Waals surface area contributed by atoms with Gasteiger partial charge in [-0.15, -0.1) is 0 Å². The highest BCUT2D eigenvalue weighted by Crippen LogP contribution is 2.14. The summed E-state index contributed by atoms with van der Waals surface area (Å²) >= 11 is 0. The Balaban J connectivity index is 2.01. The zero-order chi connectivity index (χ0) is 12.3. The first-order valence-electron chi connectivity index (χ1n) is 5.60. The normalized spacial score (nSPS) is 23.6. The van der Waals surface area contributed by atoms with Crippen molar-refractivity contribution in [3.63, 3.8) is 0 Å². The van der Waals surface area contributed by atoms with Gasteiger partial charge in [0.2, 0.25) is 5.91 Å². The standard InChI is InChI=1S/C12H17N3O2/c1-17-11-7-14-6-10(11)15-9-4-2-8(3-5-9)12(13)16/h2-5,10-11,14-15H,6-7H2,1H3,(H2,13,16)/t10?,11-/m1/s1. The number of nitrogens with two attached hydrogens (primary N) is 1. The van der Waals surface area contributed by atoms with Gasteiger partial charge in [0, 0.05) is 31.5 Å². The van der Waals surface area contributed by atoms with Gasteiger partial charge < -0.3 is 21.1 Å². The topological polar surface area (TPSA) is 76.4 Å². The Morgan fingerprint density at radius 2 is 2.12 bits per heavy atom. The van der Waals surface area contributed by atoms with Crippen LogP contribution in [-0.4, -0.2) is 38.3 Å². The van der Waals surface area contributed by atoms with E-state index in [1.807, 2.05) is 12.1 Å². The number of hydrogen-bond donors (Lipinski definition) is 3. The van der Waals surface area contributed by atoms with Gasteiger partial charge in [0.25, 0.3) is 0 Å². The molecule has 1 unspecified atom stereocenters. The van der Waals surface area contributed by atoms with E-state index < -0.39 is 5.91 Å². The van der Waals surface area contributed by atoms with Crippen LogP contribution in [0.4, 0.5) is 5.69 Å². The van der Waals surface area contributed by atoms with Crippen LogP contribution >= 0.6 is 0 Å². The van der Waals surface area contributed by atoms with E-state index in [1.54, 1.807) is 19.2 Å². The molecule has 0 aliphatic carbocycles. The number of primary amides is 1. The highest BCUT2D eigenvalue weighted by molar-refractivity contribution is 5.93. The van der Waals surface area contributed by atoms with Crippen LogP contribution in [0, 0.1) is 0 Å². The zero-order valence-corrected chi connectivity index (χ0v) is 9.77. The van der Waals surface area contributed by atoms with Crippen molar-refractivity contribution in [2.75, 3.05) is 25.5 Å². The van der Waals surface area contributed by atoms with Crippen LogP contribution in [0.1, 0.15) is 10.4 Å². The Labute approximate surface area is 100 Å². The fourth-order valence-electron chi connectivity index (χ4n) is 1.99. The predicted molar refractivity (Wildman–Crippen MR) is 66.0 cm³/mol. The number of methoxy groups -OCH3 is 1. The Morgan fingerprint density at radius 3 is 2.71 bits per heavy atom. The van der Waals surface area contributed by atoms with Crippen molar-refractivity contribution in [2.24, 2.45) is 5.73 Å². The predicted octanol–water partition coefficient (Wildman–Crippen LogP) is 0.184. The average Bonchev–Trinajstić information content (AvgIpc) is 2.77. The van der Waals surface area contributed by atoms with Gasteiger partial charge in [-0.2, -0.15) is 0 Å². The average molecular weight is 235 g/mol. The minimum absolute atomic E-state index is 0.172. The highest BCUT2D eigenvalue weighted by atomic mass is 16.5. The number of nitrogens with one attached hydrogen (secondary N) is 2. The lowest BCUT2D eigenvalue weighted by Crippen LogP contribution is -2.33. The minimum Gasteiger partial charge on any atom is -0.378 e. The second-order valence-electron chi connectivity index (χ2n) is 4.12. The van der Waals surface area contributed by atoms with Gasteiger partial charge in [-0.25, -0.2) is 0 Å². The Kier molecular flexibility index (Phi) is 3.61. The molecule has 4 N–H and O–H groups in total. The van der Waals surface area contributed by atoms with E-state index >= 15 is 0 Å². The van der Waals surface area contributed by atoms with E-state index in [0.717, 1.165) is 18.8 Å². The zero-order valence-electron chi connectivity index (χ0n) is 9.77. The SMILES string of the molecule is CO[C@@H]1CNCC1Nc1ccc(C(N)=O)cc1. The number of carbonyl (C=O) groups excluding carboxylic acids is 1. The number of rotatable bonds is 4. The third kappa shape index (κ3) is 2.75. The lowest BCUT2D eigenvalue weighted by molar-refractivity contribution is 0.1000. The molecule has 1 aromatic carbocycles. The third-order valence-electron chi connectivity index (χ3n) is 2.98. The number of anilines is 1. The maximum Gasteiger partial charge on any atom is 0.248 e. The molecule has 2 atom stereocenters. The van der Waals surface area contributed by atoms with Crippen molar-refractivity contribution in [1.29, 1.82) is 0 Å². The van der Waals surface area contributed by atoms with Gasteiger partial charge in [0.1, 0.15) is 0 Å². The lowest BCUT2D eigenvalue weighted by atomic mass is 10.1. The van der Waals surface area contributed by atoms with Crippen LogP contribution < -0.4 is 16.4 Å². The third-order valence-corrected chi connectivity index (χ3v) is 2.98. The molecule has 1 fully saturated rings. The van der Waals surface area contributed by atoms with Crippen molar-refractivity contribution < 1.29 is 9.53 Å². The number of amides is 1. The van der Waals surface area contributed by atoms with Crippen LogP contribution in [-0.2, 0) is 4.74 Å². The van der Waals surface area contributed by atoms with Gasteiger partial charge in [-0.05, 0) is 24.3 Å². The van der Waals surface area contributed by atoms with E-state index in [-0.39, 0.29) is 12.1 Å². The second kappa shape index (κ2) is 5.16. The van der Waals surface area contributed by atoms with Crippen molar-refractivity contribution in [3.8, 4) is 0 Å². The van der Waals surface area contributed by atoms with E-state index in [0.29, 0.717) is 5.56 Å². The molecule has 2 rings (SSSR count). The Hall–Kier alpha value is -1.59. The van der Waals surface area contributed by atoms with Crippen molar-refractivity contribution in [2.45, 2.75) is 12.1 Å². The summed E-state index contributed by atoms with van der Waals surface area (Å²) in [7, 11) is 1.71. The molecule has 1 aliphatic rings. The molecular weight excluding hydrogens is 218 g/mol. The summed E-state index contributed by atoms with van der Waals surface area (Å²) in [6.45, 7) is 1.73. The van der Waals surface area contributed by atoms with Gasteiger partial charge in [0.15, 0.2) is 0 Å². The summed E-state index contributed by atoms with van der Waals surface area (Å²) in [4.78, 5) is 10.9. The van der Waals surface area contributed by atoms with Crippen molar-refractivity contribution >= 4 is 11.6 Å². The molecule has 5 nitrogen and oxygen atoms in total. The number of ether oxygens (including phenoxy) is 1. The molecule has 5 heteroatoms. The van der Waals surface area contributed by atoms with E-state index in [1.165, 1.54) is 0 Å². The maximum atomic E-state index is 10.9. The molecule has 0 aromatic heterocycles. The molecular formula is C12H17N3O2. The van der Waals surface area contributed by atoms with Gasteiger partial charge in [-0.3, -0.25) is 4.79 Å². The number of benzene rings is 1. The molecule has 1 heterocycles. The van der Waals surface area contributed by atoms with Crippen LogP contribution in [0.5, 0.6) is 0 Å². The van der Waals surface area contributed by atoms with E-state index in [4.69, 9.17) is 10.5 Å². The molecule has 0 radical (unpaired) electrons. The fourth-order valence-corrected chi connectivity index (χ4v) is 1.99. The summed E-state index contributed by atoms with van der Waals surface area (Å²) in [6.07, 6.45) is 0.172. The maximum absolute atomic E-state index is 10.9. The molecule has 0 bridgehead atoms. The number of hydrogen-bond acceptors (Lipinski definition) is 4. The van der Waals surface area contributed by atoms with Crippen molar-refractivity contribution in [3.05, 3.63) is 29.8 Å². The van der Waals surface area contributed by atoms with Crippen LogP contribution in [0.2, 0.25) is 0 Å². The molecule has 0 saturated carbocycles. The monoisotopic (exact) mass is 235 g/mol. The summed E-state index contributed by atoms with van der Waals surface area (Å²) in [6, 6.07) is 7.39. The molecule has 1 amide bonds. The fraction of sp³-hybridized carbons (Fsp3) is 0.417. The van der Waals surface area contributed by atoms with Gasteiger partial charge in [-0.1, -0.05) is 0 Å². The quantitative estimate of drug-likeness (QED) is 0.696. The first kappa shape index (κ1) is 11.9. The highest BCUT2D eigenvalue weighted by Gasteiger charge is 2.26. The molecule has 1 aliphatic heterocycles. The van der Waals surface area contributed by atoms with Gasteiger partial charge >= 0.3 is 0 Å². The molecule has 92 valence electrons. The Bertz CT molecular complexity index is 391. The van der Waals surface area contributed by atoms with E-state index in [2.05, 4.69) is 10.6 Å². The molecule has 17 heavy (non-hydrogen) atoms. The second-order valence-corrected chi connectivity index (χ2v) is 4.12. The lowest BCUT2D eigenvalue weighted by Gasteiger charge is -2.19. The smallest absolute Gasteiger partial charge is 0.248 e. The number of carbonyl (C=O) groups is 1. The first-order chi connectivity index (χ1) is 8.20. The van der Waals surface area contributed by atoms with Crippen molar-refractivity contribution in [1.82, 2.24) is 5.32 Å². The van der Waals surface area contributed by atoms with Crippen LogP contribution in [0.25, 0.3) is 0 Å². The minimum atomic E-state index is -0.408. The van der Waals surface area contributed by atoms with Gasteiger partial charge in [0.05, 0.1) is 12.1 Å². The Morgan fingerprint density at radius 1 is 1.41 bits per heavy atom. The molecule has 0 spiro atoms. The van der Waals surface area contributed by atoms with E-state index in [9.17, 15) is 4.79 Å². The summed E-state index contributed by atoms with van der Waals surface area (Å²) in [5.41, 5.74) is 6.66. The molecule has 1 aromatic rings. The molecule has 1 saturated heterocycles. The first-order valence-corrected chi connectivity index (χ1v) is 5.60. The van der Waals surface area contributed by atoms with Crippen LogP contribution in [0.3, 0.4) is 0 Å². The summed E-state index contributed by atoms with van der Waals surface area (Å²) < 4.78 is 5.36. The largest absolute Gasteiger partial charge is 0.378 e. The van der Waals surface area contributed by atoms with Crippen LogP contribution in [0.15, 0.2) is 24.3 Å². The summed E-state index contributed by atoms with van der Waals surface area (Å²) in [5, 5.41) is 6.63. The summed E-state index contributed by atoms with van der Waals surface area (Å²) in [5.74, 6) is -0.408.